The third-order valence-corrected chi connectivity index (χ3v) is 5.31. The first-order chi connectivity index (χ1) is 8.24. The highest BCUT2D eigenvalue weighted by atomic mass is 32.2. The molecular weight excluding hydrogens is 237 g/mol. The Labute approximate surface area is 104 Å². The van der Waals surface area contributed by atoms with Gasteiger partial charge in [-0.2, -0.15) is 16.2 Å². The van der Waals surface area contributed by atoms with Gasteiger partial charge in [-0.15, -0.1) is 0 Å². The molecule has 2 fully saturated rings. The van der Waals surface area contributed by atoms with Crippen LogP contribution in [0.15, 0.2) is 18.3 Å². The Bertz CT molecular complexity index is 439. The number of rotatable bonds is 2. The highest BCUT2D eigenvalue weighted by Crippen LogP contribution is 2.46. The molecule has 1 aromatic rings. The Kier molecular flexibility index (Phi) is 2.90. The molecule has 2 atom stereocenters. The number of pyridine rings is 1. The lowest BCUT2D eigenvalue weighted by Crippen LogP contribution is -2.25. The molecule has 2 bridgehead atoms. The Hall–Kier alpha value is -0.900. The van der Waals surface area contributed by atoms with Gasteiger partial charge in [0.25, 0.3) is 0 Å². The molecule has 2 unspecified atom stereocenters. The zero-order valence-corrected chi connectivity index (χ0v) is 10.3. The van der Waals surface area contributed by atoms with Gasteiger partial charge < -0.3 is 0 Å². The number of halogens is 1. The number of ketones is 1. The van der Waals surface area contributed by atoms with Gasteiger partial charge >= 0.3 is 0 Å². The van der Waals surface area contributed by atoms with E-state index >= 15 is 0 Å². The number of nitrogens with zero attached hydrogens (tertiary/aromatic N) is 1. The maximum Gasteiger partial charge on any atom is 0.223 e. The number of carbonyl (C=O) groups excluding carboxylic acids is 1. The maximum atomic E-state index is 13.5. The molecule has 0 aliphatic carbocycles. The van der Waals surface area contributed by atoms with Crippen LogP contribution in [0.25, 0.3) is 0 Å². The molecule has 3 rings (SSSR count). The zero-order chi connectivity index (χ0) is 11.8. The van der Waals surface area contributed by atoms with Crippen LogP contribution < -0.4 is 0 Å². The molecule has 2 aliphatic heterocycles. The van der Waals surface area contributed by atoms with Crippen molar-refractivity contribution < 1.29 is 9.18 Å². The SMILES string of the molecule is O=C(c1cccnc1F)C1CC2CCC(C1)S2. The Morgan fingerprint density at radius 3 is 2.71 bits per heavy atom. The molecule has 4 heteroatoms. The monoisotopic (exact) mass is 251 g/mol. The predicted molar refractivity (Wildman–Crippen MR) is 65.7 cm³/mol. The van der Waals surface area contributed by atoms with Crippen LogP contribution in [-0.4, -0.2) is 21.3 Å². The van der Waals surface area contributed by atoms with Crippen molar-refractivity contribution in [3.05, 3.63) is 29.8 Å². The molecule has 2 aliphatic rings. The summed E-state index contributed by atoms with van der Waals surface area (Å²) in [5.41, 5.74) is 0.170. The largest absolute Gasteiger partial charge is 0.294 e. The highest BCUT2D eigenvalue weighted by molar-refractivity contribution is 8.00. The van der Waals surface area contributed by atoms with Gasteiger partial charge in [-0.05, 0) is 37.8 Å². The van der Waals surface area contributed by atoms with E-state index in [1.54, 1.807) is 12.1 Å². The molecule has 0 amide bonds. The van der Waals surface area contributed by atoms with E-state index in [0.29, 0.717) is 10.5 Å². The van der Waals surface area contributed by atoms with Gasteiger partial charge in [0.1, 0.15) is 0 Å². The molecule has 1 aromatic heterocycles. The number of aromatic nitrogens is 1. The Balaban J connectivity index is 1.81. The van der Waals surface area contributed by atoms with Crippen LogP contribution in [0.2, 0.25) is 0 Å². The van der Waals surface area contributed by atoms with Gasteiger partial charge in [0.2, 0.25) is 5.95 Å². The molecule has 0 aromatic carbocycles. The topological polar surface area (TPSA) is 30.0 Å². The van der Waals surface area contributed by atoms with E-state index in [9.17, 15) is 9.18 Å². The second kappa shape index (κ2) is 4.41. The first-order valence-corrected chi connectivity index (χ1v) is 6.98. The number of hydrogen-bond donors (Lipinski definition) is 0. The fourth-order valence-corrected chi connectivity index (χ4v) is 4.64. The van der Waals surface area contributed by atoms with Crippen molar-refractivity contribution in [2.45, 2.75) is 36.2 Å². The lowest BCUT2D eigenvalue weighted by molar-refractivity contribution is 0.0901. The third-order valence-electron chi connectivity index (χ3n) is 3.69. The Morgan fingerprint density at radius 1 is 1.35 bits per heavy atom. The summed E-state index contributed by atoms with van der Waals surface area (Å²) in [6.45, 7) is 0. The summed E-state index contributed by atoms with van der Waals surface area (Å²) < 4.78 is 13.5. The summed E-state index contributed by atoms with van der Waals surface area (Å²) in [4.78, 5) is 15.8. The minimum Gasteiger partial charge on any atom is -0.294 e. The first-order valence-electron chi connectivity index (χ1n) is 6.04. The van der Waals surface area contributed by atoms with Crippen LogP contribution in [0, 0.1) is 11.9 Å². The average Bonchev–Trinajstić information content (AvgIpc) is 2.68. The molecule has 0 saturated carbocycles. The number of thioether (sulfide) groups is 1. The van der Waals surface area contributed by atoms with Crippen molar-refractivity contribution in [1.82, 2.24) is 4.98 Å². The standard InChI is InChI=1S/C13H14FNOS/c14-13-11(2-1-5-15-13)12(16)8-6-9-3-4-10(7-8)17-9/h1-2,5,8-10H,3-4,6-7H2. The van der Waals surface area contributed by atoms with Crippen LogP contribution >= 0.6 is 11.8 Å². The van der Waals surface area contributed by atoms with Gasteiger partial charge in [-0.1, -0.05) is 0 Å². The molecule has 0 spiro atoms. The van der Waals surface area contributed by atoms with Gasteiger partial charge in [-0.25, -0.2) is 4.98 Å². The number of hydrogen-bond acceptors (Lipinski definition) is 3. The van der Waals surface area contributed by atoms with Crippen LogP contribution in [0.3, 0.4) is 0 Å². The Morgan fingerprint density at radius 2 is 2.06 bits per heavy atom. The summed E-state index contributed by atoms with van der Waals surface area (Å²) in [5.74, 6) is -0.664. The molecular formula is C13H14FNOS. The molecule has 2 nitrogen and oxygen atoms in total. The average molecular weight is 251 g/mol. The molecule has 0 N–H and O–H groups in total. The van der Waals surface area contributed by atoms with Crippen LogP contribution in [0.5, 0.6) is 0 Å². The summed E-state index contributed by atoms with van der Waals surface area (Å²) in [6, 6.07) is 3.18. The van der Waals surface area contributed by atoms with Gasteiger partial charge in [0, 0.05) is 22.6 Å². The zero-order valence-electron chi connectivity index (χ0n) is 9.43. The maximum absolute atomic E-state index is 13.5. The summed E-state index contributed by atoms with van der Waals surface area (Å²) in [5, 5.41) is 1.23. The van der Waals surface area contributed by atoms with Crippen LogP contribution in [0.1, 0.15) is 36.0 Å². The molecule has 2 saturated heterocycles. The van der Waals surface area contributed by atoms with Gasteiger partial charge in [0.05, 0.1) is 5.56 Å². The lowest BCUT2D eigenvalue weighted by Gasteiger charge is -2.26. The fraction of sp³-hybridized carbons (Fsp3) is 0.538. The van der Waals surface area contributed by atoms with E-state index in [-0.39, 0.29) is 17.3 Å². The second-order valence-corrected chi connectivity index (χ2v) is 6.44. The van der Waals surface area contributed by atoms with Crippen molar-refractivity contribution in [3.8, 4) is 0 Å². The summed E-state index contributed by atoms with van der Waals surface area (Å²) in [7, 11) is 0. The van der Waals surface area contributed by atoms with E-state index in [1.165, 1.54) is 19.0 Å². The summed E-state index contributed by atoms with van der Waals surface area (Å²) in [6.07, 6.45) is 5.64. The van der Waals surface area contributed by atoms with Crippen molar-refractivity contribution in [2.75, 3.05) is 0 Å². The molecule has 17 heavy (non-hydrogen) atoms. The molecule has 90 valence electrons. The van der Waals surface area contributed by atoms with Crippen molar-refractivity contribution in [1.29, 1.82) is 0 Å². The number of carbonyl (C=O) groups is 1. The van der Waals surface area contributed by atoms with E-state index in [0.717, 1.165) is 12.8 Å². The molecule has 3 heterocycles. The summed E-state index contributed by atoms with van der Waals surface area (Å²) >= 11 is 2.01. The van der Waals surface area contributed by atoms with Crippen molar-refractivity contribution in [2.24, 2.45) is 5.92 Å². The smallest absolute Gasteiger partial charge is 0.223 e. The normalized spacial score (nSPS) is 31.5. The van der Waals surface area contributed by atoms with Crippen molar-refractivity contribution >= 4 is 17.5 Å². The minimum atomic E-state index is -0.622. The third kappa shape index (κ3) is 2.10. The minimum absolute atomic E-state index is 0.00690. The predicted octanol–water partition coefficient (Wildman–Crippen LogP) is 3.08. The first kappa shape index (κ1) is 11.2. The van der Waals surface area contributed by atoms with E-state index in [1.807, 2.05) is 11.8 Å². The number of fused-ring (bicyclic) bond motifs is 2. The highest BCUT2D eigenvalue weighted by Gasteiger charge is 2.38. The van der Waals surface area contributed by atoms with E-state index < -0.39 is 5.95 Å². The van der Waals surface area contributed by atoms with E-state index in [2.05, 4.69) is 4.98 Å². The van der Waals surface area contributed by atoms with Gasteiger partial charge in [0.15, 0.2) is 5.78 Å². The lowest BCUT2D eigenvalue weighted by atomic mass is 9.91. The van der Waals surface area contributed by atoms with E-state index in [4.69, 9.17) is 0 Å². The molecule has 0 radical (unpaired) electrons. The second-order valence-electron chi connectivity index (χ2n) is 4.83. The fourth-order valence-electron chi connectivity index (χ4n) is 2.86. The van der Waals surface area contributed by atoms with Gasteiger partial charge in [-0.3, -0.25) is 4.79 Å². The quantitative estimate of drug-likeness (QED) is 0.597. The number of Topliss-reactive ketones (excluding diaryl/α,β-unsaturated/α-hetero) is 1. The van der Waals surface area contributed by atoms with Crippen LogP contribution in [0.4, 0.5) is 4.39 Å². The van der Waals surface area contributed by atoms with Crippen LogP contribution in [-0.2, 0) is 0 Å². The van der Waals surface area contributed by atoms with Crippen molar-refractivity contribution in [3.63, 3.8) is 0 Å².